The van der Waals surface area contributed by atoms with E-state index in [9.17, 15) is 4.79 Å². The zero-order valence-electron chi connectivity index (χ0n) is 41.1. The maximum absolute atomic E-state index is 12.8. The van der Waals surface area contributed by atoms with Crippen LogP contribution in [0.25, 0.3) is 0 Å². The summed E-state index contributed by atoms with van der Waals surface area (Å²) in [6.07, 6.45) is 47.2. The molecule has 0 bridgehead atoms. The molecule has 4 atom stereocenters. The van der Waals surface area contributed by atoms with Gasteiger partial charge in [0.15, 0.2) is 6.29 Å². The zero-order chi connectivity index (χ0) is 43.4. The number of nitrogens with zero attached hydrogens (tertiary/aromatic N) is 1. The molecule has 358 valence electrons. The van der Waals surface area contributed by atoms with Crippen molar-refractivity contribution in [2.45, 2.75) is 289 Å². The number of carbonyl (C=O) groups excluding carboxylic acids is 1. The Morgan fingerprint density at radius 2 is 0.733 bits per heavy atom. The summed E-state index contributed by atoms with van der Waals surface area (Å²) < 4.78 is 32.2. The molecular formula is C53H105NO6. The third kappa shape index (κ3) is 35.7. The lowest BCUT2D eigenvalue weighted by atomic mass is 10.1. The molecule has 1 heterocycles. The molecule has 1 aliphatic heterocycles. The van der Waals surface area contributed by atoms with E-state index in [4.69, 9.17) is 23.7 Å². The van der Waals surface area contributed by atoms with Gasteiger partial charge in [0.05, 0.1) is 0 Å². The first-order chi connectivity index (χ1) is 29.5. The second kappa shape index (κ2) is 44.9. The second-order valence-corrected chi connectivity index (χ2v) is 18.8. The fourth-order valence-corrected chi connectivity index (χ4v) is 8.59. The van der Waals surface area contributed by atoms with Gasteiger partial charge in [-0.25, -0.2) is 0 Å². The van der Waals surface area contributed by atoms with Crippen molar-refractivity contribution < 1.29 is 28.5 Å². The molecule has 0 aromatic carbocycles. The molecule has 0 radical (unpaired) electrons. The van der Waals surface area contributed by atoms with Gasteiger partial charge in [-0.1, -0.05) is 233 Å². The Bertz CT molecular complexity index is 872. The van der Waals surface area contributed by atoms with Crippen molar-refractivity contribution in [3.05, 3.63) is 0 Å². The topological polar surface area (TPSA) is 66.5 Å². The van der Waals surface area contributed by atoms with Gasteiger partial charge in [-0.2, -0.15) is 0 Å². The summed E-state index contributed by atoms with van der Waals surface area (Å²) in [6, 6.07) is 0. The molecule has 1 rings (SSSR count). The first-order valence-corrected chi connectivity index (χ1v) is 26.8. The zero-order valence-corrected chi connectivity index (χ0v) is 41.1. The summed E-state index contributed by atoms with van der Waals surface area (Å²) in [6.45, 7) is 9.92. The number of rotatable bonds is 48. The van der Waals surface area contributed by atoms with Crippen LogP contribution in [0.4, 0.5) is 0 Å². The Kier molecular flexibility index (Phi) is 42.8. The van der Waals surface area contributed by atoms with E-state index in [2.05, 4.69) is 25.7 Å². The summed E-state index contributed by atoms with van der Waals surface area (Å²) in [5.74, 6) is -0.171. The highest BCUT2D eigenvalue weighted by molar-refractivity contribution is 5.69. The SMILES string of the molecule is CCCCCCCCCCCCCCOC1[C@@H](COC(=O)CCCN(C)C)O[C@@H](OCCCCCCCCCCCCCC)[C@H]1OCCCCCCCCCCCCCC. The van der Waals surface area contributed by atoms with E-state index in [1.807, 2.05) is 14.1 Å². The Morgan fingerprint density at radius 1 is 0.417 bits per heavy atom. The summed E-state index contributed by atoms with van der Waals surface area (Å²) in [4.78, 5) is 14.9. The molecule has 0 aliphatic carbocycles. The summed E-state index contributed by atoms with van der Waals surface area (Å²) in [5.41, 5.74) is 0. The number of hydrogen-bond donors (Lipinski definition) is 0. The Hall–Kier alpha value is -0.730. The fraction of sp³-hybridized carbons (Fsp3) is 0.981. The van der Waals surface area contributed by atoms with E-state index in [0.717, 1.165) is 32.2 Å². The normalized spacial score (nSPS) is 18.0. The fourth-order valence-electron chi connectivity index (χ4n) is 8.59. The van der Waals surface area contributed by atoms with Crippen LogP contribution in [0.1, 0.15) is 265 Å². The van der Waals surface area contributed by atoms with Crippen LogP contribution in [0.3, 0.4) is 0 Å². The summed E-state index contributed by atoms with van der Waals surface area (Å²) in [5, 5.41) is 0. The first-order valence-electron chi connectivity index (χ1n) is 26.8. The van der Waals surface area contributed by atoms with Crippen LogP contribution < -0.4 is 0 Å². The maximum atomic E-state index is 12.8. The van der Waals surface area contributed by atoms with E-state index in [1.165, 1.54) is 212 Å². The average molecular weight is 852 g/mol. The smallest absolute Gasteiger partial charge is 0.305 e. The highest BCUT2D eigenvalue weighted by Crippen LogP contribution is 2.29. The second-order valence-electron chi connectivity index (χ2n) is 18.8. The van der Waals surface area contributed by atoms with Gasteiger partial charge < -0.3 is 28.6 Å². The largest absolute Gasteiger partial charge is 0.463 e. The Balaban J connectivity index is 2.65. The standard InChI is InChI=1S/C53H105NO6/c1-6-9-12-15-18-21-24-27-30-33-36-39-45-56-51-49(48-59-50(55)43-42-44-54(4)5)60-53(58-47-41-38-35-32-29-26-23-20-17-14-11-8-3)52(51)57-46-40-37-34-31-28-25-22-19-16-13-10-7-2/h49,51-53H,6-48H2,1-5H3/t49-,51?,52+,53-/m1/s1. The number of hydrogen-bond acceptors (Lipinski definition) is 7. The molecule has 1 saturated heterocycles. The van der Waals surface area contributed by atoms with E-state index in [1.54, 1.807) is 0 Å². The van der Waals surface area contributed by atoms with Crippen molar-refractivity contribution in [1.82, 2.24) is 4.90 Å². The van der Waals surface area contributed by atoms with Crippen molar-refractivity contribution in [3.63, 3.8) is 0 Å². The van der Waals surface area contributed by atoms with Gasteiger partial charge >= 0.3 is 5.97 Å². The number of unbranched alkanes of at least 4 members (excludes halogenated alkanes) is 33. The minimum atomic E-state index is -0.501. The van der Waals surface area contributed by atoms with Crippen molar-refractivity contribution in [2.24, 2.45) is 0 Å². The van der Waals surface area contributed by atoms with Crippen LogP contribution in [0.5, 0.6) is 0 Å². The van der Waals surface area contributed by atoms with E-state index in [0.29, 0.717) is 26.2 Å². The van der Waals surface area contributed by atoms with Crippen LogP contribution >= 0.6 is 0 Å². The molecule has 0 saturated carbocycles. The van der Waals surface area contributed by atoms with Gasteiger partial charge in [0, 0.05) is 26.2 Å². The third-order valence-corrected chi connectivity index (χ3v) is 12.6. The lowest BCUT2D eigenvalue weighted by Crippen LogP contribution is -2.40. The van der Waals surface area contributed by atoms with Crippen molar-refractivity contribution in [1.29, 1.82) is 0 Å². The molecule has 7 nitrogen and oxygen atoms in total. The van der Waals surface area contributed by atoms with E-state index in [-0.39, 0.29) is 30.9 Å². The third-order valence-electron chi connectivity index (χ3n) is 12.6. The highest BCUT2D eigenvalue weighted by atomic mass is 16.7. The number of carbonyl (C=O) groups is 1. The molecule has 1 aliphatic rings. The molecule has 1 fully saturated rings. The lowest BCUT2D eigenvalue weighted by molar-refractivity contribution is -0.184. The molecule has 1 unspecified atom stereocenters. The summed E-state index contributed by atoms with van der Waals surface area (Å²) >= 11 is 0. The van der Waals surface area contributed by atoms with Crippen LogP contribution in [0.15, 0.2) is 0 Å². The van der Waals surface area contributed by atoms with E-state index >= 15 is 0 Å². The molecular weight excluding hydrogens is 747 g/mol. The number of ether oxygens (including phenoxy) is 5. The Morgan fingerprint density at radius 3 is 1.08 bits per heavy atom. The molecule has 0 N–H and O–H groups in total. The quantitative estimate of drug-likeness (QED) is 0.0446. The molecule has 0 aromatic rings. The maximum Gasteiger partial charge on any atom is 0.305 e. The van der Waals surface area contributed by atoms with Crippen LogP contribution in [0, 0.1) is 0 Å². The van der Waals surface area contributed by atoms with Crippen LogP contribution in [-0.4, -0.2) is 82.5 Å². The van der Waals surface area contributed by atoms with E-state index < -0.39 is 6.29 Å². The minimum Gasteiger partial charge on any atom is -0.463 e. The molecule has 0 amide bonds. The predicted octanol–water partition coefficient (Wildman–Crippen LogP) is 15.5. The van der Waals surface area contributed by atoms with Crippen molar-refractivity contribution in [3.8, 4) is 0 Å². The van der Waals surface area contributed by atoms with Gasteiger partial charge in [0.1, 0.15) is 24.9 Å². The monoisotopic (exact) mass is 852 g/mol. The van der Waals surface area contributed by atoms with Crippen LogP contribution in [0.2, 0.25) is 0 Å². The number of esters is 1. The lowest BCUT2D eigenvalue weighted by Gasteiger charge is -2.25. The van der Waals surface area contributed by atoms with Gasteiger partial charge in [-0.15, -0.1) is 0 Å². The highest BCUT2D eigenvalue weighted by Gasteiger charge is 2.47. The first kappa shape index (κ1) is 57.3. The molecule has 7 heteroatoms. The van der Waals surface area contributed by atoms with Gasteiger partial charge in [-0.3, -0.25) is 4.79 Å². The van der Waals surface area contributed by atoms with Crippen molar-refractivity contribution >= 4 is 5.97 Å². The summed E-state index contributed by atoms with van der Waals surface area (Å²) in [7, 11) is 4.07. The van der Waals surface area contributed by atoms with Crippen molar-refractivity contribution in [2.75, 3.05) is 47.1 Å². The predicted molar refractivity (Wildman–Crippen MR) is 256 cm³/mol. The Labute approximate surface area is 374 Å². The average Bonchev–Trinajstić information content (AvgIpc) is 3.57. The molecule has 0 spiro atoms. The molecule has 60 heavy (non-hydrogen) atoms. The molecule has 0 aromatic heterocycles. The van der Waals surface area contributed by atoms with Gasteiger partial charge in [-0.05, 0) is 46.3 Å². The van der Waals surface area contributed by atoms with Gasteiger partial charge in [0.25, 0.3) is 0 Å². The van der Waals surface area contributed by atoms with Gasteiger partial charge in [0.2, 0.25) is 0 Å². The minimum absolute atomic E-state index is 0.171. The van der Waals surface area contributed by atoms with Crippen LogP contribution in [-0.2, 0) is 28.5 Å².